The SMILES string of the molecule is Cc1cccc(-c2cccn2COCC(C(F)(F)F)[Si](C)(C)C)n1. The van der Waals surface area contributed by atoms with Gasteiger partial charge in [0, 0.05) is 11.9 Å². The van der Waals surface area contributed by atoms with E-state index in [2.05, 4.69) is 4.98 Å². The van der Waals surface area contributed by atoms with E-state index in [1.807, 2.05) is 37.3 Å². The molecular weight excluding hydrogens is 333 g/mol. The molecule has 2 aromatic rings. The molecule has 0 bridgehead atoms. The first-order valence-electron chi connectivity index (χ1n) is 7.82. The van der Waals surface area contributed by atoms with Gasteiger partial charge in [-0.25, -0.2) is 0 Å². The van der Waals surface area contributed by atoms with E-state index in [1.165, 1.54) is 0 Å². The van der Waals surface area contributed by atoms with Crippen molar-refractivity contribution in [3.05, 3.63) is 42.2 Å². The van der Waals surface area contributed by atoms with E-state index in [-0.39, 0.29) is 13.3 Å². The smallest absolute Gasteiger partial charge is 0.360 e. The molecule has 1 unspecified atom stereocenters. The lowest BCUT2D eigenvalue weighted by Gasteiger charge is -2.30. The summed E-state index contributed by atoms with van der Waals surface area (Å²) in [7, 11) is -2.40. The summed E-state index contributed by atoms with van der Waals surface area (Å²) in [5.41, 5.74) is 1.12. The molecule has 0 aliphatic carbocycles. The molecule has 0 saturated carbocycles. The number of hydrogen-bond acceptors (Lipinski definition) is 2. The zero-order valence-electron chi connectivity index (χ0n) is 14.4. The molecule has 0 saturated heterocycles. The van der Waals surface area contributed by atoms with E-state index in [0.717, 1.165) is 17.1 Å². The van der Waals surface area contributed by atoms with Crippen LogP contribution in [0.25, 0.3) is 11.4 Å². The Hall–Kier alpha value is -1.60. The number of pyridine rings is 1. The summed E-state index contributed by atoms with van der Waals surface area (Å²) < 4.78 is 46.8. The summed E-state index contributed by atoms with van der Waals surface area (Å²) >= 11 is 0. The minimum Gasteiger partial charge on any atom is -0.360 e. The normalized spacial score (nSPS) is 14.0. The third kappa shape index (κ3) is 4.70. The summed E-state index contributed by atoms with van der Waals surface area (Å²) in [4.78, 5) is 4.45. The fraction of sp³-hybridized carbons (Fsp3) is 0.471. The van der Waals surface area contributed by atoms with E-state index in [4.69, 9.17) is 4.74 Å². The maximum atomic E-state index is 13.2. The molecule has 2 aromatic heterocycles. The van der Waals surface area contributed by atoms with Crippen LogP contribution in [0.2, 0.25) is 25.2 Å². The van der Waals surface area contributed by atoms with Crippen LogP contribution in [-0.2, 0) is 11.5 Å². The number of aromatic nitrogens is 2. The lowest BCUT2D eigenvalue weighted by Crippen LogP contribution is -2.41. The first-order chi connectivity index (χ1) is 11.1. The second-order valence-corrected chi connectivity index (χ2v) is 12.4. The minimum absolute atomic E-state index is 0.0784. The Morgan fingerprint density at radius 1 is 1.17 bits per heavy atom. The summed E-state index contributed by atoms with van der Waals surface area (Å²) in [6.07, 6.45) is -2.43. The van der Waals surface area contributed by atoms with Gasteiger partial charge in [-0.2, -0.15) is 13.2 Å². The van der Waals surface area contributed by atoms with Crippen LogP contribution in [0.3, 0.4) is 0 Å². The van der Waals surface area contributed by atoms with Gasteiger partial charge in [0.2, 0.25) is 0 Å². The fourth-order valence-electron chi connectivity index (χ4n) is 2.55. The zero-order valence-corrected chi connectivity index (χ0v) is 15.4. The van der Waals surface area contributed by atoms with Crippen molar-refractivity contribution in [2.24, 2.45) is 0 Å². The molecule has 2 heterocycles. The van der Waals surface area contributed by atoms with Gasteiger partial charge in [-0.05, 0) is 31.2 Å². The van der Waals surface area contributed by atoms with Crippen molar-refractivity contribution in [2.75, 3.05) is 6.61 Å². The highest BCUT2D eigenvalue weighted by Crippen LogP contribution is 2.39. The number of nitrogens with zero attached hydrogens (tertiary/aromatic N) is 2. The van der Waals surface area contributed by atoms with Crippen molar-refractivity contribution in [1.82, 2.24) is 9.55 Å². The molecule has 132 valence electrons. The van der Waals surface area contributed by atoms with E-state index in [1.54, 1.807) is 30.4 Å². The first kappa shape index (κ1) is 18.7. The molecule has 0 spiro atoms. The topological polar surface area (TPSA) is 27.1 Å². The maximum Gasteiger partial charge on any atom is 0.391 e. The van der Waals surface area contributed by atoms with Crippen molar-refractivity contribution in [3.8, 4) is 11.4 Å². The highest BCUT2D eigenvalue weighted by atomic mass is 28.3. The molecule has 0 aromatic carbocycles. The molecular formula is C17H23F3N2OSi. The van der Waals surface area contributed by atoms with Crippen LogP contribution in [0.15, 0.2) is 36.5 Å². The average Bonchev–Trinajstić information content (AvgIpc) is 2.89. The predicted molar refractivity (Wildman–Crippen MR) is 91.5 cm³/mol. The van der Waals surface area contributed by atoms with Gasteiger partial charge in [0.15, 0.2) is 0 Å². The lowest BCUT2D eigenvalue weighted by molar-refractivity contribution is -0.148. The van der Waals surface area contributed by atoms with Gasteiger partial charge >= 0.3 is 6.18 Å². The minimum atomic E-state index is -4.22. The van der Waals surface area contributed by atoms with Gasteiger partial charge in [-0.1, -0.05) is 25.7 Å². The predicted octanol–water partition coefficient (Wildman–Crippen LogP) is 5.10. The Kier molecular flexibility index (Phi) is 5.55. The van der Waals surface area contributed by atoms with Gasteiger partial charge < -0.3 is 9.30 Å². The van der Waals surface area contributed by atoms with Crippen LogP contribution in [-0.4, -0.2) is 30.4 Å². The van der Waals surface area contributed by atoms with Crippen LogP contribution in [0, 0.1) is 6.92 Å². The molecule has 0 N–H and O–H groups in total. The number of hydrogen-bond donors (Lipinski definition) is 0. The van der Waals surface area contributed by atoms with Crippen molar-refractivity contribution >= 4 is 8.07 Å². The summed E-state index contributed by atoms with van der Waals surface area (Å²) in [6, 6.07) is 9.39. The molecule has 0 aliphatic rings. The van der Waals surface area contributed by atoms with Crippen molar-refractivity contribution in [1.29, 1.82) is 0 Å². The fourth-order valence-corrected chi connectivity index (χ4v) is 4.15. The molecule has 1 atom stereocenters. The number of halogens is 3. The van der Waals surface area contributed by atoms with Gasteiger partial charge in [0.05, 0.1) is 31.6 Å². The van der Waals surface area contributed by atoms with Gasteiger partial charge in [-0.15, -0.1) is 0 Å². The maximum absolute atomic E-state index is 13.2. The Bertz CT molecular complexity index is 663. The van der Waals surface area contributed by atoms with Crippen LogP contribution in [0.4, 0.5) is 13.2 Å². The van der Waals surface area contributed by atoms with E-state index >= 15 is 0 Å². The Balaban J connectivity index is 2.07. The lowest BCUT2D eigenvalue weighted by atomic mass is 10.2. The number of ether oxygens (including phenoxy) is 1. The van der Waals surface area contributed by atoms with Crippen molar-refractivity contribution in [2.45, 2.75) is 45.0 Å². The van der Waals surface area contributed by atoms with E-state index < -0.39 is 19.8 Å². The van der Waals surface area contributed by atoms with E-state index in [9.17, 15) is 13.2 Å². The molecule has 0 radical (unpaired) electrons. The second-order valence-electron chi connectivity index (χ2n) is 6.99. The Morgan fingerprint density at radius 2 is 1.88 bits per heavy atom. The molecule has 3 nitrogen and oxygen atoms in total. The Morgan fingerprint density at radius 3 is 2.46 bits per heavy atom. The monoisotopic (exact) mass is 356 g/mol. The van der Waals surface area contributed by atoms with Crippen LogP contribution in [0.5, 0.6) is 0 Å². The summed E-state index contributed by atoms with van der Waals surface area (Å²) in [6.45, 7) is 6.81. The third-order valence-electron chi connectivity index (χ3n) is 3.94. The molecule has 0 fully saturated rings. The molecule has 0 amide bonds. The third-order valence-corrected chi connectivity index (χ3v) is 6.52. The van der Waals surface area contributed by atoms with Gasteiger partial charge in [0.25, 0.3) is 0 Å². The van der Waals surface area contributed by atoms with Gasteiger partial charge in [-0.3, -0.25) is 4.98 Å². The highest BCUT2D eigenvalue weighted by molar-refractivity contribution is 6.77. The average molecular weight is 356 g/mol. The molecule has 2 rings (SSSR count). The van der Waals surface area contributed by atoms with Crippen LogP contribution < -0.4 is 0 Å². The quantitative estimate of drug-likeness (QED) is 0.673. The molecule has 0 aliphatic heterocycles. The first-order valence-corrected chi connectivity index (χ1v) is 11.4. The molecule has 24 heavy (non-hydrogen) atoms. The molecule has 7 heteroatoms. The standard InChI is InChI=1S/C17H23F3N2OSi/c1-13-7-5-8-14(21-13)15-9-6-10-22(15)12-23-11-16(17(18,19)20)24(2,3)4/h5-10,16H,11-12H2,1-4H3. The number of alkyl halides is 3. The number of aryl methyl sites for hydroxylation is 1. The summed E-state index contributed by atoms with van der Waals surface area (Å²) in [5.74, 6) is 0. The number of rotatable bonds is 6. The van der Waals surface area contributed by atoms with Crippen molar-refractivity contribution in [3.63, 3.8) is 0 Å². The largest absolute Gasteiger partial charge is 0.391 e. The van der Waals surface area contributed by atoms with Crippen LogP contribution in [0.1, 0.15) is 5.69 Å². The Labute approximate surface area is 141 Å². The van der Waals surface area contributed by atoms with Crippen molar-refractivity contribution < 1.29 is 17.9 Å². The summed E-state index contributed by atoms with van der Waals surface area (Å²) in [5, 5.41) is 0. The second kappa shape index (κ2) is 7.10. The zero-order chi connectivity index (χ0) is 18.0. The van der Waals surface area contributed by atoms with Crippen LogP contribution >= 0.6 is 0 Å². The highest BCUT2D eigenvalue weighted by Gasteiger charge is 2.47. The van der Waals surface area contributed by atoms with E-state index in [0.29, 0.717) is 0 Å². The van der Waals surface area contributed by atoms with Gasteiger partial charge in [0.1, 0.15) is 6.73 Å².